The lowest BCUT2D eigenvalue weighted by molar-refractivity contribution is -0.157. The van der Waals surface area contributed by atoms with Crippen molar-refractivity contribution < 1.29 is 23.9 Å². The number of hydrogen-bond donors (Lipinski definition) is 1. The second-order valence-electron chi connectivity index (χ2n) is 6.44. The average Bonchev–Trinajstić information content (AvgIpc) is 3.15. The highest BCUT2D eigenvalue weighted by molar-refractivity contribution is 5.93. The first kappa shape index (κ1) is 14.2. The number of fused-ring (bicyclic) bond motifs is 1. The van der Waals surface area contributed by atoms with E-state index in [9.17, 15) is 14.4 Å². The van der Waals surface area contributed by atoms with Crippen LogP contribution in [0.3, 0.4) is 0 Å². The van der Waals surface area contributed by atoms with Crippen molar-refractivity contribution in [2.24, 2.45) is 23.7 Å². The van der Waals surface area contributed by atoms with Gasteiger partial charge in [0.25, 0.3) is 5.91 Å². The monoisotopic (exact) mass is 315 g/mol. The van der Waals surface area contributed by atoms with Crippen LogP contribution in [0.4, 0.5) is 5.69 Å². The molecule has 6 nitrogen and oxygen atoms in total. The van der Waals surface area contributed by atoms with Gasteiger partial charge in [0.15, 0.2) is 6.61 Å². The van der Waals surface area contributed by atoms with E-state index < -0.39 is 11.9 Å². The molecule has 0 spiro atoms. The van der Waals surface area contributed by atoms with Crippen molar-refractivity contribution in [3.63, 3.8) is 0 Å². The Morgan fingerprint density at radius 1 is 1.22 bits per heavy atom. The van der Waals surface area contributed by atoms with Crippen molar-refractivity contribution in [1.82, 2.24) is 0 Å². The number of hydrogen-bond acceptors (Lipinski definition) is 5. The largest absolute Gasteiger partial charge is 0.462 e. The van der Waals surface area contributed by atoms with Crippen molar-refractivity contribution in [3.05, 3.63) is 30.3 Å². The molecule has 0 aromatic heterocycles. The predicted octanol–water partition coefficient (Wildman–Crippen LogP) is 1.37. The summed E-state index contributed by atoms with van der Waals surface area (Å²) in [6.45, 7) is -0.340. The number of ether oxygens (including phenoxy) is 2. The van der Waals surface area contributed by atoms with Crippen molar-refractivity contribution in [2.45, 2.75) is 18.9 Å². The van der Waals surface area contributed by atoms with Gasteiger partial charge in [-0.2, -0.15) is 0 Å². The Balaban J connectivity index is 1.34. The molecule has 1 N–H and O–H groups in total. The van der Waals surface area contributed by atoms with Crippen LogP contribution in [0.15, 0.2) is 30.3 Å². The zero-order chi connectivity index (χ0) is 16.0. The summed E-state index contributed by atoms with van der Waals surface area (Å²) in [5, 5.41) is 2.66. The highest BCUT2D eigenvalue weighted by atomic mass is 16.6. The fourth-order valence-corrected chi connectivity index (χ4v) is 4.28. The molecule has 1 aromatic rings. The van der Waals surface area contributed by atoms with Crippen LogP contribution in [0.2, 0.25) is 0 Å². The maximum absolute atomic E-state index is 12.3. The number of carbonyl (C=O) groups is 3. The molecule has 1 heterocycles. The number of anilines is 1. The summed E-state index contributed by atoms with van der Waals surface area (Å²) in [6, 6.07) is 8.96. The van der Waals surface area contributed by atoms with Gasteiger partial charge in [-0.25, -0.2) is 0 Å². The number of para-hydroxylation sites is 1. The lowest BCUT2D eigenvalue weighted by Crippen LogP contribution is -2.34. The molecule has 1 amide bonds. The zero-order valence-corrected chi connectivity index (χ0v) is 12.4. The highest BCUT2D eigenvalue weighted by Crippen LogP contribution is 2.57. The van der Waals surface area contributed by atoms with E-state index >= 15 is 0 Å². The van der Waals surface area contributed by atoms with Gasteiger partial charge in [-0.15, -0.1) is 0 Å². The van der Waals surface area contributed by atoms with Crippen LogP contribution >= 0.6 is 0 Å². The van der Waals surface area contributed by atoms with Gasteiger partial charge >= 0.3 is 11.9 Å². The molecular weight excluding hydrogens is 298 g/mol. The van der Waals surface area contributed by atoms with Gasteiger partial charge in [0.05, 0.1) is 11.8 Å². The molecule has 2 bridgehead atoms. The Bertz CT molecular complexity index is 656. The van der Waals surface area contributed by atoms with Crippen LogP contribution < -0.4 is 5.32 Å². The lowest BCUT2D eigenvalue weighted by atomic mass is 9.80. The Hall–Kier alpha value is -2.37. The van der Waals surface area contributed by atoms with Crippen LogP contribution in [0, 0.1) is 23.7 Å². The molecule has 3 aliphatic rings. The molecule has 2 saturated carbocycles. The summed E-state index contributed by atoms with van der Waals surface area (Å²) in [4.78, 5) is 36.0. The first-order valence-electron chi connectivity index (χ1n) is 7.85. The van der Waals surface area contributed by atoms with Gasteiger partial charge in [0.2, 0.25) is 0 Å². The molecule has 0 radical (unpaired) electrons. The summed E-state index contributed by atoms with van der Waals surface area (Å²) >= 11 is 0. The van der Waals surface area contributed by atoms with E-state index in [0.29, 0.717) is 5.69 Å². The molecular formula is C17H17NO5. The zero-order valence-electron chi connectivity index (χ0n) is 12.4. The Morgan fingerprint density at radius 2 is 2.00 bits per heavy atom. The number of carbonyl (C=O) groups excluding carboxylic acids is 3. The Labute approximate surface area is 133 Å². The molecule has 0 unspecified atom stereocenters. The quantitative estimate of drug-likeness (QED) is 0.849. The minimum absolute atomic E-state index is 0.0112. The number of benzene rings is 1. The van der Waals surface area contributed by atoms with E-state index in [-0.39, 0.29) is 42.3 Å². The first-order chi connectivity index (χ1) is 11.1. The van der Waals surface area contributed by atoms with Crippen LogP contribution in [0.25, 0.3) is 0 Å². The fraction of sp³-hybridized carbons (Fsp3) is 0.471. The highest BCUT2D eigenvalue weighted by Gasteiger charge is 2.64. The van der Waals surface area contributed by atoms with E-state index in [1.54, 1.807) is 24.3 Å². The smallest absolute Gasteiger partial charge is 0.310 e. The minimum atomic E-state index is -0.456. The van der Waals surface area contributed by atoms with Gasteiger partial charge in [-0.3, -0.25) is 14.4 Å². The topological polar surface area (TPSA) is 81.7 Å². The van der Waals surface area contributed by atoms with Gasteiger partial charge < -0.3 is 14.8 Å². The lowest BCUT2D eigenvalue weighted by Gasteiger charge is -2.22. The molecule has 2 aliphatic carbocycles. The maximum atomic E-state index is 12.3. The van der Waals surface area contributed by atoms with Gasteiger partial charge in [0, 0.05) is 11.6 Å². The molecule has 5 atom stereocenters. The van der Waals surface area contributed by atoms with Gasteiger partial charge in [0.1, 0.15) is 6.10 Å². The summed E-state index contributed by atoms with van der Waals surface area (Å²) in [5.74, 6) is -1.65. The maximum Gasteiger partial charge on any atom is 0.310 e. The van der Waals surface area contributed by atoms with Gasteiger partial charge in [-0.1, -0.05) is 18.2 Å². The normalized spacial score (nSPS) is 33.4. The van der Waals surface area contributed by atoms with E-state index in [1.165, 1.54) is 0 Å². The van der Waals surface area contributed by atoms with Crippen molar-refractivity contribution in [3.8, 4) is 0 Å². The van der Waals surface area contributed by atoms with Crippen LogP contribution in [-0.2, 0) is 23.9 Å². The summed E-state index contributed by atoms with van der Waals surface area (Å²) in [7, 11) is 0. The number of nitrogens with one attached hydrogen (secondary N) is 1. The van der Waals surface area contributed by atoms with Crippen LogP contribution in [0.1, 0.15) is 12.8 Å². The number of rotatable bonds is 4. The van der Waals surface area contributed by atoms with E-state index in [0.717, 1.165) is 12.8 Å². The Morgan fingerprint density at radius 3 is 2.78 bits per heavy atom. The third-order valence-electron chi connectivity index (χ3n) is 5.16. The average molecular weight is 315 g/mol. The Kier molecular flexibility index (Phi) is 3.32. The molecule has 120 valence electrons. The molecule has 4 rings (SSSR count). The predicted molar refractivity (Wildman–Crippen MR) is 79.1 cm³/mol. The number of esters is 2. The fourth-order valence-electron chi connectivity index (χ4n) is 4.28. The third-order valence-corrected chi connectivity index (χ3v) is 5.16. The van der Waals surface area contributed by atoms with Crippen molar-refractivity contribution >= 4 is 23.5 Å². The van der Waals surface area contributed by atoms with Crippen molar-refractivity contribution in [1.29, 1.82) is 0 Å². The van der Waals surface area contributed by atoms with Crippen LogP contribution in [-0.4, -0.2) is 30.6 Å². The minimum Gasteiger partial charge on any atom is -0.462 e. The van der Waals surface area contributed by atoms with Crippen molar-refractivity contribution in [2.75, 3.05) is 11.9 Å². The standard InChI is InChI=1S/C17H17NO5/c19-13(18-10-4-2-1-3-5-10)8-22-16(20)14-9-6-11-12(7-9)23-17(21)15(11)14/h1-5,9,11-12,14-15H,6-8H2,(H,18,19)/t9-,11-,12+,14-,15-/m0/s1. The summed E-state index contributed by atoms with van der Waals surface area (Å²) in [5.41, 5.74) is 0.649. The van der Waals surface area contributed by atoms with E-state index in [1.807, 2.05) is 6.07 Å². The van der Waals surface area contributed by atoms with E-state index in [4.69, 9.17) is 9.47 Å². The van der Waals surface area contributed by atoms with Gasteiger partial charge in [-0.05, 0) is 30.9 Å². The molecule has 6 heteroatoms. The molecule has 1 saturated heterocycles. The summed E-state index contributed by atoms with van der Waals surface area (Å²) < 4.78 is 10.5. The second-order valence-corrected chi connectivity index (χ2v) is 6.44. The van der Waals surface area contributed by atoms with Crippen LogP contribution in [0.5, 0.6) is 0 Å². The first-order valence-corrected chi connectivity index (χ1v) is 7.85. The summed E-state index contributed by atoms with van der Waals surface area (Å²) in [6.07, 6.45) is 1.57. The molecule has 23 heavy (non-hydrogen) atoms. The molecule has 3 fully saturated rings. The number of amides is 1. The molecule has 1 aromatic carbocycles. The third kappa shape index (κ3) is 2.38. The van der Waals surface area contributed by atoms with E-state index in [2.05, 4.69) is 5.32 Å². The SMILES string of the molecule is O=C(COC(=O)[C@H]1[C@H]2C[C@@H]3[C@@H]1C(=O)O[C@@H]3C2)Nc1ccccc1. The molecule has 1 aliphatic heterocycles. The second kappa shape index (κ2) is 5.37.